The highest BCUT2D eigenvalue weighted by Crippen LogP contribution is 2.46. The van der Waals surface area contributed by atoms with Gasteiger partial charge in [-0.05, 0) is 36.2 Å². The van der Waals surface area contributed by atoms with Crippen molar-refractivity contribution in [2.45, 2.75) is 18.8 Å². The van der Waals surface area contributed by atoms with Crippen molar-refractivity contribution in [2.75, 3.05) is 11.1 Å². The molecule has 0 saturated carbocycles. The Morgan fingerprint density at radius 2 is 2.05 bits per heavy atom. The average molecular weight is 542 g/mol. The second-order valence-electron chi connectivity index (χ2n) is 9.07. The number of phenolic OH excluding ortho intramolecular Hbond substituents is 1. The van der Waals surface area contributed by atoms with E-state index in [0.717, 1.165) is 0 Å². The summed E-state index contributed by atoms with van der Waals surface area (Å²) in [6, 6.07) is 10.9. The normalized spacial score (nSPS) is 16.2. The lowest BCUT2D eigenvalue weighted by Crippen LogP contribution is -2.33. The molecule has 4 N–H and O–H groups in total. The summed E-state index contributed by atoms with van der Waals surface area (Å²) in [4.78, 5) is 31.1. The number of halogens is 2. The third-order valence-corrected chi connectivity index (χ3v) is 7.06. The number of carbonyl (C=O) groups excluding carboxylic acids is 1. The summed E-state index contributed by atoms with van der Waals surface area (Å²) < 4.78 is 15.9. The van der Waals surface area contributed by atoms with Crippen molar-refractivity contribution in [3.8, 4) is 23.3 Å². The largest absolute Gasteiger partial charge is 0.507 e. The van der Waals surface area contributed by atoms with Gasteiger partial charge in [-0.3, -0.25) is 4.79 Å². The molecule has 1 amide bonds. The number of benzene rings is 2. The van der Waals surface area contributed by atoms with Gasteiger partial charge in [0.15, 0.2) is 11.5 Å². The predicted molar refractivity (Wildman–Crippen MR) is 138 cm³/mol. The van der Waals surface area contributed by atoms with E-state index in [1.54, 1.807) is 31.3 Å². The van der Waals surface area contributed by atoms with Crippen LogP contribution < -0.4 is 11.1 Å². The standard InChI is InChI=1S/C26H17ClFN9O2/c1-26(13-7-15(27)14(9-29)19(38)8-13)20-21(30)34-22(35-23(20)36-25(26)39)18-10-37-24(31-11-32-37)17(33-18)6-12-4-2-3-5-16(12)28/h2-5,7-8,10-11,38H,6H2,1H3,(H3,30,34,35,36,39). The van der Waals surface area contributed by atoms with Crippen molar-refractivity contribution < 1.29 is 14.3 Å². The number of nitrogens with one attached hydrogen (secondary N) is 1. The zero-order chi connectivity index (χ0) is 27.5. The summed E-state index contributed by atoms with van der Waals surface area (Å²) in [5.41, 5.74) is 7.03. The molecule has 4 heterocycles. The minimum atomic E-state index is -1.41. The van der Waals surface area contributed by atoms with Crippen molar-refractivity contribution >= 4 is 34.8 Å². The first-order valence-corrected chi connectivity index (χ1v) is 11.9. The molecule has 0 aliphatic carbocycles. The molecule has 13 heteroatoms. The van der Waals surface area contributed by atoms with Crippen LogP contribution in [0.1, 0.15) is 34.9 Å². The van der Waals surface area contributed by atoms with E-state index in [2.05, 4.69) is 30.4 Å². The number of amides is 1. The molecule has 5 aromatic rings. The molecule has 39 heavy (non-hydrogen) atoms. The summed E-state index contributed by atoms with van der Waals surface area (Å²) in [6.07, 6.45) is 3.05. The Bertz CT molecular complexity index is 1860. The highest BCUT2D eigenvalue weighted by molar-refractivity contribution is 6.32. The summed E-state index contributed by atoms with van der Waals surface area (Å²) in [6.45, 7) is 1.59. The van der Waals surface area contributed by atoms with Gasteiger partial charge in [-0.25, -0.2) is 28.8 Å². The number of aromatic nitrogens is 6. The van der Waals surface area contributed by atoms with Gasteiger partial charge in [0.05, 0.1) is 22.5 Å². The molecule has 1 aliphatic heterocycles. The highest BCUT2D eigenvalue weighted by atomic mass is 35.5. The predicted octanol–water partition coefficient (Wildman–Crippen LogP) is 3.38. The number of hydrogen-bond acceptors (Lipinski definition) is 9. The SMILES string of the molecule is CC1(c2cc(O)c(C#N)c(Cl)c2)C(=O)Nc2nc(-c3cn4ncnc4c(Cc4ccccc4F)n3)nc(N)c21. The lowest BCUT2D eigenvalue weighted by atomic mass is 9.77. The maximum atomic E-state index is 14.4. The molecule has 1 aliphatic rings. The van der Waals surface area contributed by atoms with E-state index in [1.165, 1.54) is 29.0 Å². The molecule has 1 atom stereocenters. The van der Waals surface area contributed by atoms with Crippen LogP contribution in [0.15, 0.2) is 48.9 Å². The maximum absolute atomic E-state index is 14.4. The molecule has 192 valence electrons. The van der Waals surface area contributed by atoms with Gasteiger partial charge < -0.3 is 16.2 Å². The van der Waals surface area contributed by atoms with Gasteiger partial charge in [0.1, 0.15) is 52.3 Å². The number of rotatable bonds is 4. The fourth-order valence-electron chi connectivity index (χ4n) is 4.73. The average Bonchev–Trinajstić information content (AvgIpc) is 3.48. The molecule has 0 bridgehead atoms. The number of hydrogen-bond donors (Lipinski definition) is 3. The number of carbonyl (C=O) groups is 1. The lowest BCUT2D eigenvalue weighted by molar-refractivity contribution is -0.119. The summed E-state index contributed by atoms with van der Waals surface area (Å²) >= 11 is 6.19. The summed E-state index contributed by atoms with van der Waals surface area (Å²) in [5, 5.41) is 26.4. The van der Waals surface area contributed by atoms with Gasteiger partial charge in [-0.1, -0.05) is 29.8 Å². The minimum Gasteiger partial charge on any atom is -0.507 e. The number of phenols is 1. The highest BCUT2D eigenvalue weighted by Gasteiger charge is 2.48. The Morgan fingerprint density at radius 3 is 2.79 bits per heavy atom. The van der Waals surface area contributed by atoms with E-state index in [-0.39, 0.29) is 57.3 Å². The molecule has 0 radical (unpaired) electrons. The molecule has 1 unspecified atom stereocenters. The van der Waals surface area contributed by atoms with Crippen molar-refractivity contribution in [3.05, 3.63) is 87.7 Å². The van der Waals surface area contributed by atoms with Gasteiger partial charge in [-0.15, -0.1) is 0 Å². The molecular weight excluding hydrogens is 525 g/mol. The fourth-order valence-corrected chi connectivity index (χ4v) is 4.99. The van der Waals surface area contributed by atoms with E-state index in [4.69, 9.17) is 17.3 Å². The third-order valence-electron chi connectivity index (χ3n) is 6.76. The van der Waals surface area contributed by atoms with Crippen LogP contribution in [-0.4, -0.2) is 40.6 Å². The first kappa shape index (κ1) is 24.2. The van der Waals surface area contributed by atoms with Crippen LogP contribution in [0.3, 0.4) is 0 Å². The number of nitriles is 1. The molecule has 6 rings (SSSR count). The second-order valence-corrected chi connectivity index (χ2v) is 9.48. The number of anilines is 2. The first-order valence-electron chi connectivity index (χ1n) is 11.6. The van der Waals surface area contributed by atoms with Crippen LogP contribution >= 0.6 is 11.6 Å². The minimum absolute atomic E-state index is 0.00744. The van der Waals surface area contributed by atoms with E-state index >= 15 is 0 Å². The number of aromatic hydroxyl groups is 1. The fraction of sp³-hybridized carbons (Fsp3) is 0.115. The maximum Gasteiger partial charge on any atom is 0.240 e. The molecule has 11 nitrogen and oxygen atoms in total. The Balaban J connectivity index is 1.47. The van der Waals surface area contributed by atoms with E-state index in [9.17, 15) is 19.6 Å². The smallest absolute Gasteiger partial charge is 0.240 e. The van der Waals surface area contributed by atoms with Crippen molar-refractivity contribution in [1.82, 2.24) is 29.5 Å². The molecular formula is C26H17ClFN9O2. The van der Waals surface area contributed by atoms with E-state index in [0.29, 0.717) is 22.5 Å². The van der Waals surface area contributed by atoms with Crippen LogP contribution in [0.5, 0.6) is 5.75 Å². The van der Waals surface area contributed by atoms with Crippen LogP contribution in [0.25, 0.3) is 17.2 Å². The van der Waals surface area contributed by atoms with Crippen LogP contribution in [0.2, 0.25) is 5.02 Å². The Labute approximate surface area is 224 Å². The quantitative estimate of drug-likeness (QED) is 0.309. The summed E-state index contributed by atoms with van der Waals surface area (Å²) in [5.74, 6) is -0.977. The van der Waals surface area contributed by atoms with Gasteiger partial charge in [0, 0.05) is 6.42 Å². The molecule has 0 saturated heterocycles. The monoisotopic (exact) mass is 541 g/mol. The van der Waals surface area contributed by atoms with Crippen LogP contribution in [-0.2, 0) is 16.6 Å². The molecule has 2 aromatic carbocycles. The zero-order valence-electron chi connectivity index (χ0n) is 20.1. The Kier molecular flexibility index (Phi) is 5.41. The Morgan fingerprint density at radius 1 is 1.26 bits per heavy atom. The topological polar surface area (TPSA) is 168 Å². The summed E-state index contributed by atoms with van der Waals surface area (Å²) in [7, 11) is 0. The molecule has 0 spiro atoms. The first-order chi connectivity index (χ1) is 18.7. The van der Waals surface area contributed by atoms with Gasteiger partial charge in [0.2, 0.25) is 5.91 Å². The van der Waals surface area contributed by atoms with Gasteiger partial charge in [0.25, 0.3) is 0 Å². The van der Waals surface area contributed by atoms with E-state index in [1.807, 2.05) is 6.07 Å². The Hall–Kier alpha value is -5.15. The number of nitrogens with zero attached hydrogens (tertiary/aromatic N) is 7. The molecule has 3 aromatic heterocycles. The van der Waals surface area contributed by atoms with Crippen LogP contribution in [0, 0.1) is 17.1 Å². The van der Waals surface area contributed by atoms with Crippen molar-refractivity contribution in [3.63, 3.8) is 0 Å². The van der Waals surface area contributed by atoms with Crippen LogP contribution in [0.4, 0.5) is 16.0 Å². The number of nitrogen functional groups attached to an aromatic ring is 1. The molecule has 0 fully saturated rings. The second kappa shape index (κ2) is 8.71. The van der Waals surface area contributed by atoms with Crippen molar-refractivity contribution in [1.29, 1.82) is 5.26 Å². The zero-order valence-corrected chi connectivity index (χ0v) is 20.9. The van der Waals surface area contributed by atoms with E-state index < -0.39 is 11.3 Å². The van der Waals surface area contributed by atoms with Gasteiger partial charge in [-0.2, -0.15) is 10.4 Å². The number of nitrogens with two attached hydrogens (primary N) is 1. The van der Waals surface area contributed by atoms with Gasteiger partial charge >= 0.3 is 0 Å². The van der Waals surface area contributed by atoms with Crippen molar-refractivity contribution in [2.24, 2.45) is 0 Å². The number of fused-ring (bicyclic) bond motifs is 2. The third kappa shape index (κ3) is 3.71. The lowest BCUT2D eigenvalue weighted by Gasteiger charge is -2.24.